The number of benzene rings is 2. The minimum atomic E-state index is 0.0624. The molecule has 0 aliphatic rings. The Labute approximate surface area is 150 Å². The first-order valence-corrected chi connectivity index (χ1v) is 8.75. The van der Waals surface area contributed by atoms with E-state index in [-0.39, 0.29) is 10.2 Å². The Morgan fingerprint density at radius 1 is 0.667 bits per heavy atom. The second-order valence-corrected chi connectivity index (χ2v) is 7.24. The Morgan fingerprint density at radius 3 is 1.29 bits per heavy atom. The van der Waals surface area contributed by atoms with E-state index in [0.29, 0.717) is 0 Å². The molecule has 0 bridgehead atoms. The summed E-state index contributed by atoms with van der Waals surface area (Å²) in [4.78, 5) is 23.8. The fraction of sp³-hybridized carbons (Fsp3) is 0.100. The zero-order chi connectivity index (χ0) is 17.4. The first kappa shape index (κ1) is 17.9. The summed E-state index contributed by atoms with van der Waals surface area (Å²) in [7, 11) is 0. The fourth-order valence-electron chi connectivity index (χ4n) is 1.75. The molecule has 2 aromatic rings. The summed E-state index contributed by atoms with van der Waals surface area (Å²) < 4.78 is 0. The van der Waals surface area contributed by atoms with E-state index in [1.165, 1.54) is 23.5 Å². The van der Waals surface area contributed by atoms with Gasteiger partial charge in [0.1, 0.15) is 0 Å². The van der Waals surface area contributed by atoms with Crippen LogP contribution in [0.1, 0.15) is 25.0 Å². The van der Waals surface area contributed by atoms with Crippen molar-refractivity contribution in [2.75, 3.05) is 0 Å². The lowest BCUT2D eigenvalue weighted by atomic mass is 10.2. The van der Waals surface area contributed by atoms with E-state index in [4.69, 9.17) is 0 Å². The molecule has 0 atom stereocenters. The van der Waals surface area contributed by atoms with Crippen LogP contribution in [0.4, 0.5) is 0 Å². The summed E-state index contributed by atoms with van der Waals surface area (Å²) >= 11 is 2.40. The normalized spacial score (nSPS) is 9.25. The van der Waals surface area contributed by atoms with E-state index in [2.05, 4.69) is 23.7 Å². The van der Waals surface area contributed by atoms with Gasteiger partial charge in [-0.3, -0.25) is 9.59 Å². The van der Waals surface area contributed by atoms with Crippen LogP contribution >= 0.6 is 23.5 Å². The molecule has 0 heterocycles. The first-order chi connectivity index (χ1) is 11.5. The molecular weight excluding hydrogens is 336 g/mol. The predicted molar refractivity (Wildman–Crippen MR) is 99.7 cm³/mol. The van der Waals surface area contributed by atoms with Crippen molar-refractivity contribution in [1.29, 1.82) is 0 Å². The lowest BCUT2D eigenvalue weighted by molar-refractivity contribution is -0.109. The summed E-state index contributed by atoms with van der Waals surface area (Å²) in [6, 6.07) is 15.0. The number of thioether (sulfide) groups is 2. The molecule has 0 aliphatic heterocycles. The van der Waals surface area contributed by atoms with Gasteiger partial charge in [-0.05, 0) is 60.4 Å². The molecular formula is C20H14O2S2. The van der Waals surface area contributed by atoms with Crippen LogP contribution in [-0.4, -0.2) is 10.2 Å². The minimum absolute atomic E-state index is 0.0624. The van der Waals surface area contributed by atoms with Crippen LogP contribution < -0.4 is 0 Å². The van der Waals surface area contributed by atoms with Gasteiger partial charge in [0.05, 0.1) is 0 Å². The first-order valence-electron chi connectivity index (χ1n) is 7.12. The molecule has 0 aromatic heterocycles. The van der Waals surface area contributed by atoms with E-state index in [1.807, 2.05) is 48.5 Å². The van der Waals surface area contributed by atoms with Crippen molar-refractivity contribution in [1.82, 2.24) is 0 Å². The standard InChI is InChI=1S/C20H14O2S2/c1-15(21)23-19-11-7-17(8-12-19)5-3-4-6-18-9-13-20(14-10-18)24-16(2)22/h7-14H,1-2H3. The number of carbonyl (C=O) groups is 2. The van der Waals surface area contributed by atoms with Gasteiger partial charge in [-0.15, -0.1) is 0 Å². The van der Waals surface area contributed by atoms with Crippen LogP contribution in [0.25, 0.3) is 0 Å². The second-order valence-electron chi connectivity index (χ2n) is 4.74. The van der Waals surface area contributed by atoms with Crippen molar-refractivity contribution in [3.8, 4) is 23.7 Å². The molecule has 0 saturated heterocycles. The van der Waals surface area contributed by atoms with Gasteiger partial charge >= 0.3 is 0 Å². The van der Waals surface area contributed by atoms with Crippen LogP contribution in [0.15, 0.2) is 58.3 Å². The summed E-state index contributed by atoms with van der Waals surface area (Å²) in [5.41, 5.74) is 1.70. The molecule has 0 radical (unpaired) electrons. The average molecular weight is 350 g/mol. The number of hydrogen-bond acceptors (Lipinski definition) is 4. The van der Waals surface area contributed by atoms with Crippen molar-refractivity contribution in [3.63, 3.8) is 0 Å². The Bertz CT molecular complexity index is 783. The maximum absolute atomic E-state index is 11.0. The third kappa shape index (κ3) is 6.38. The molecule has 2 rings (SSSR count). The van der Waals surface area contributed by atoms with Gasteiger partial charge in [-0.1, -0.05) is 35.4 Å². The highest BCUT2D eigenvalue weighted by Gasteiger charge is 1.98. The van der Waals surface area contributed by atoms with Crippen LogP contribution in [0.3, 0.4) is 0 Å². The van der Waals surface area contributed by atoms with Crippen LogP contribution in [-0.2, 0) is 9.59 Å². The Morgan fingerprint density at radius 2 is 1.00 bits per heavy atom. The summed E-state index contributed by atoms with van der Waals surface area (Å²) in [6.45, 7) is 3.08. The van der Waals surface area contributed by atoms with Gasteiger partial charge in [-0.25, -0.2) is 0 Å². The molecule has 0 fully saturated rings. The highest BCUT2D eigenvalue weighted by atomic mass is 32.2. The monoisotopic (exact) mass is 350 g/mol. The van der Waals surface area contributed by atoms with E-state index in [1.54, 1.807) is 13.8 Å². The lowest BCUT2D eigenvalue weighted by Crippen LogP contribution is -1.81. The minimum Gasteiger partial charge on any atom is -0.287 e. The van der Waals surface area contributed by atoms with Gasteiger partial charge in [0.15, 0.2) is 10.2 Å². The summed E-state index contributed by atoms with van der Waals surface area (Å²) in [6.07, 6.45) is 0. The molecule has 0 unspecified atom stereocenters. The molecule has 0 aliphatic carbocycles. The molecule has 0 N–H and O–H groups in total. The van der Waals surface area contributed by atoms with Gasteiger partial charge in [0.2, 0.25) is 0 Å². The van der Waals surface area contributed by atoms with E-state index in [9.17, 15) is 9.59 Å². The Kier molecular flexibility index (Phi) is 6.75. The smallest absolute Gasteiger partial charge is 0.190 e. The topological polar surface area (TPSA) is 34.1 Å². The van der Waals surface area contributed by atoms with Gasteiger partial charge in [-0.2, -0.15) is 0 Å². The largest absolute Gasteiger partial charge is 0.287 e. The molecule has 24 heavy (non-hydrogen) atoms. The van der Waals surface area contributed by atoms with Gasteiger partial charge < -0.3 is 0 Å². The molecule has 0 saturated carbocycles. The van der Waals surface area contributed by atoms with Gasteiger partial charge in [0, 0.05) is 34.8 Å². The van der Waals surface area contributed by atoms with Crippen molar-refractivity contribution >= 4 is 33.8 Å². The lowest BCUT2D eigenvalue weighted by Gasteiger charge is -1.96. The number of hydrogen-bond donors (Lipinski definition) is 0. The highest BCUT2D eigenvalue weighted by Crippen LogP contribution is 2.19. The van der Waals surface area contributed by atoms with Crippen molar-refractivity contribution in [2.24, 2.45) is 0 Å². The average Bonchev–Trinajstić information content (AvgIpc) is 2.53. The van der Waals surface area contributed by atoms with Crippen LogP contribution in [0, 0.1) is 23.7 Å². The highest BCUT2D eigenvalue weighted by molar-refractivity contribution is 8.13. The van der Waals surface area contributed by atoms with Crippen LogP contribution in [0.2, 0.25) is 0 Å². The third-order valence-electron chi connectivity index (χ3n) is 2.71. The second kappa shape index (κ2) is 9.03. The SMILES string of the molecule is CC(=O)Sc1ccc(C#CC#Cc2ccc(SC(C)=O)cc2)cc1. The van der Waals surface area contributed by atoms with Gasteiger partial charge in [0.25, 0.3) is 0 Å². The zero-order valence-electron chi connectivity index (χ0n) is 13.3. The molecule has 118 valence electrons. The summed E-state index contributed by atoms with van der Waals surface area (Å²) in [5.74, 6) is 11.6. The number of rotatable bonds is 2. The predicted octanol–water partition coefficient (Wildman–Crippen LogP) is 4.37. The maximum Gasteiger partial charge on any atom is 0.190 e. The molecule has 2 nitrogen and oxygen atoms in total. The Hall–Kier alpha value is -2.40. The van der Waals surface area contributed by atoms with E-state index in [0.717, 1.165) is 20.9 Å². The van der Waals surface area contributed by atoms with E-state index < -0.39 is 0 Å². The zero-order valence-corrected chi connectivity index (χ0v) is 14.9. The maximum atomic E-state index is 11.0. The number of carbonyl (C=O) groups excluding carboxylic acids is 2. The molecule has 0 amide bonds. The van der Waals surface area contributed by atoms with Crippen LogP contribution in [0.5, 0.6) is 0 Å². The van der Waals surface area contributed by atoms with Crippen molar-refractivity contribution in [2.45, 2.75) is 23.6 Å². The van der Waals surface area contributed by atoms with Crippen molar-refractivity contribution in [3.05, 3.63) is 59.7 Å². The fourth-order valence-corrected chi connectivity index (χ4v) is 2.96. The molecule has 4 heteroatoms. The summed E-state index contributed by atoms with van der Waals surface area (Å²) in [5, 5.41) is 0.125. The van der Waals surface area contributed by atoms with Crippen molar-refractivity contribution < 1.29 is 9.59 Å². The molecule has 2 aromatic carbocycles. The quantitative estimate of drug-likeness (QED) is 0.595. The molecule has 0 spiro atoms. The third-order valence-corrected chi connectivity index (χ3v) is 4.30. The van der Waals surface area contributed by atoms with E-state index >= 15 is 0 Å². The Balaban J connectivity index is 1.99.